The molecule has 0 heterocycles. The van der Waals surface area contributed by atoms with Crippen LogP contribution in [0.15, 0.2) is 0 Å². The Morgan fingerprint density at radius 2 is 1.78 bits per heavy atom. The van der Waals surface area contributed by atoms with Gasteiger partial charge >= 0.3 is 12.1 Å². The van der Waals surface area contributed by atoms with Gasteiger partial charge in [-0.15, -0.1) is 0 Å². The first-order valence-electron chi connectivity index (χ1n) is 5.33. The number of carbonyl (C=O) groups is 2. The van der Waals surface area contributed by atoms with Gasteiger partial charge in [0.15, 0.2) is 0 Å². The summed E-state index contributed by atoms with van der Waals surface area (Å²) in [7, 11) is 3.10. The fraction of sp³-hybridized carbons (Fsp3) is 0.800. The first-order chi connectivity index (χ1) is 8.11. The normalized spacial score (nSPS) is 11.7. The van der Waals surface area contributed by atoms with Gasteiger partial charge in [-0.05, 0) is 13.0 Å². The van der Waals surface area contributed by atoms with Gasteiger partial charge in [-0.2, -0.15) is 13.2 Å². The maximum Gasteiger partial charge on any atom is 0.401 e. The molecule has 0 unspecified atom stereocenters. The van der Waals surface area contributed by atoms with E-state index in [4.69, 9.17) is 5.11 Å². The number of amides is 1. The Labute approximate surface area is 103 Å². The van der Waals surface area contributed by atoms with Gasteiger partial charge in [-0.25, -0.2) is 0 Å². The lowest BCUT2D eigenvalue weighted by molar-refractivity contribution is -0.154. The molecule has 0 saturated carbocycles. The number of alkyl halides is 3. The van der Waals surface area contributed by atoms with Crippen LogP contribution in [0.5, 0.6) is 0 Å². The standard InChI is InChI=1S/C10H17F3N2O3/c1-14(2)8(16)4-3-5-15(6-9(17)18)7-10(11,12)13/h3-7H2,1-2H3,(H,17,18). The molecule has 0 rings (SSSR count). The highest BCUT2D eigenvalue weighted by molar-refractivity contribution is 5.75. The van der Waals surface area contributed by atoms with Crippen LogP contribution in [0.4, 0.5) is 13.2 Å². The summed E-state index contributed by atoms with van der Waals surface area (Å²) in [5, 5.41) is 8.49. The molecule has 1 amide bonds. The van der Waals surface area contributed by atoms with Crippen molar-refractivity contribution >= 4 is 11.9 Å². The van der Waals surface area contributed by atoms with Gasteiger partial charge in [0.2, 0.25) is 5.91 Å². The van der Waals surface area contributed by atoms with Crippen LogP contribution in [0.25, 0.3) is 0 Å². The molecule has 0 spiro atoms. The van der Waals surface area contributed by atoms with Crippen molar-refractivity contribution in [3.8, 4) is 0 Å². The van der Waals surface area contributed by atoms with Crippen LogP contribution in [0.1, 0.15) is 12.8 Å². The number of hydrogen-bond donors (Lipinski definition) is 1. The minimum Gasteiger partial charge on any atom is -0.480 e. The van der Waals surface area contributed by atoms with Gasteiger partial charge in [0, 0.05) is 20.5 Å². The molecule has 0 aliphatic heterocycles. The third kappa shape index (κ3) is 8.80. The third-order valence-electron chi connectivity index (χ3n) is 2.13. The molecule has 1 N–H and O–H groups in total. The number of rotatable bonds is 7. The second kappa shape index (κ2) is 7.20. The predicted octanol–water partition coefficient (Wildman–Crippen LogP) is 0.804. The van der Waals surface area contributed by atoms with E-state index in [-0.39, 0.29) is 25.3 Å². The molecule has 0 saturated heterocycles. The second-order valence-corrected chi connectivity index (χ2v) is 4.11. The van der Waals surface area contributed by atoms with Crippen molar-refractivity contribution < 1.29 is 27.9 Å². The van der Waals surface area contributed by atoms with Crippen molar-refractivity contribution in [3.05, 3.63) is 0 Å². The van der Waals surface area contributed by atoms with E-state index in [1.807, 2.05) is 0 Å². The largest absolute Gasteiger partial charge is 0.480 e. The number of carboxylic acids is 1. The van der Waals surface area contributed by atoms with E-state index in [1.54, 1.807) is 14.1 Å². The minimum atomic E-state index is -4.44. The Bertz CT molecular complexity index is 293. The fourth-order valence-corrected chi connectivity index (χ4v) is 1.34. The lowest BCUT2D eigenvalue weighted by Gasteiger charge is -2.21. The molecule has 5 nitrogen and oxygen atoms in total. The van der Waals surface area contributed by atoms with Gasteiger partial charge < -0.3 is 10.0 Å². The van der Waals surface area contributed by atoms with Crippen LogP contribution in [0.3, 0.4) is 0 Å². The number of halogens is 3. The fourth-order valence-electron chi connectivity index (χ4n) is 1.34. The van der Waals surface area contributed by atoms with Crippen LogP contribution in [-0.4, -0.2) is 66.7 Å². The minimum absolute atomic E-state index is 0.0780. The summed E-state index contributed by atoms with van der Waals surface area (Å²) in [6.45, 7) is -2.05. The topological polar surface area (TPSA) is 60.9 Å². The molecular weight excluding hydrogens is 253 g/mol. The first kappa shape index (κ1) is 16.7. The molecular formula is C10H17F3N2O3. The van der Waals surface area contributed by atoms with Gasteiger partial charge in [-0.3, -0.25) is 14.5 Å². The number of aliphatic carboxylic acids is 1. The summed E-state index contributed by atoms with van der Waals surface area (Å²) < 4.78 is 36.5. The van der Waals surface area contributed by atoms with Gasteiger partial charge in [0.05, 0.1) is 13.1 Å². The van der Waals surface area contributed by atoms with E-state index in [1.165, 1.54) is 4.90 Å². The van der Waals surface area contributed by atoms with Gasteiger partial charge in [-0.1, -0.05) is 0 Å². The zero-order valence-electron chi connectivity index (χ0n) is 10.3. The summed E-state index contributed by atoms with van der Waals surface area (Å²) in [5.41, 5.74) is 0. The average Bonchev–Trinajstić information content (AvgIpc) is 2.13. The SMILES string of the molecule is CN(C)C(=O)CCCN(CC(=O)O)CC(F)(F)F. The number of carboxylic acid groups (broad SMARTS) is 1. The van der Waals surface area contributed by atoms with E-state index >= 15 is 0 Å². The Morgan fingerprint density at radius 1 is 1.22 bits per heavy atom. The van der Waals surface area contributed by atoms with E-state index in [0.717, 1.165) is 4.90 Å². The molecule has 0 aliphatic carbocycles. The number of hydrogen-bond acceptors (Lipinski definition) is 3. The van der Waals surface area contributed by atoms with Crippen molar-refractivity contribution in [1.82, 2.24) is 9.80 Å². The molecule has 0 radical (unpaired) electrons. The summed E-state index contributed by atoms with van der Waals surface area (Å²) in [4.78, 5) is 23.7. The average molecular weight is 270 g/mol. The molecule has 0 bridgehead atoms. The quantitative estimate of drug-likeness (QED) is 0.743. The third-order valence-corrected chi connectivity index (χ3v) is 2.13. The monoisotopic (exact) mass is 270 g/mol. The Balaban J connectivity index is 4.17. The molecule has 0 aliphatic rings. The summed E-state index contributed by atoms with van der Waals surface area (Å²) in [6, 6.07) is 0. The summed E-state index contributed by atoms with van der Waals surface area (Å²) in [5.74, 6) is -1.52. The van der Waals surface area contributed by atoms with E-state index in [2.05, 4.69) is 0 Å². The zero-order chi connectivity index (χ0) is 14.3. The molecule has 0 atom stereocenters. The Kier molecular flexibility index (Phi) is 6.67. The van der Waals surface area contributed by atoms with Crippen molar-refractivity contribution in [3.63, 3.8) is 0 Å². The van der Waals surface area contributed by atoms with Gasteiger partial charge in [0.1, 0.15) is 0 Å². The molecule has 0 aromatic heterocycles. The van der Waals surface area contributed by atoms with Crippen molar-refractivity contribution in [2.24, 2.45) is 0 Å². The summed E-state index contributed by atoms with van der Waals surface area (Å²) in [6.07, 6.45) is -4.15. The molecule has 0 fully saturated rings. The highest BCUT2D eigenvalue weighted by Gasteiger charge is 2.31. The maximum absolute atomic E-state index is 12.2. The van der Waals surface area contributed by atoms with Crippen LogP contribution in [0, 0.1) is 0 Å². The van der Waals surface area contributed by atoms with Gasteiger partial charge in [0.25, 0.3) is 0 Å². The van der Waals surface area contributed by atoms with Crippen molar-refractivity contribution in [2.45, 2.75) is 19.0 Å². The number of nitrogens with zero attached hydrogens (tertiary/aromatic N) is 2. The van der Waals surface area contributed by atoms with E-state index in [0.29, 0.717) is 0 Å². The molecule has 8 heteroatoms. The highest BCUT2D eigenvalue weighted by Crippen LogP contribution is 2.16. The maximum atomic E-state index is 12.2. The predicted molar refractivity (Wildman–Crippen MR) is 58.1 cm³/mol. The van der Waals surface area contributed by atoms with E-state index < -0.39 is 25.2 Å². The number of carbonyl (C=O) groups excluding carboxylic acids is 1. The smallest absolute Gasteiger partial charge is 0.401 e. The van der Waals surface area contributed by atoms with Crippen LogP contribution >= 0.6 is 0 Å². The lowest BCUT2D eigenvalue weighted by Crippen LogP contribution is -2.38. The highest BCUT2D eigenvalue weighted by atomic mass is 19.4. The van der Waals surface area contributed by atoms with Crippen molar-refractivity contribution in [1.29, 1.82) is 0 Å². The van der Waals surface area contributed by atoms with Crippen LogP contribution in [0.2, 0.25) is 0 Å². The lowest BCUT2D eigenvalue weighted by atomic mass is 10.2. The zero-order valence-corrected chi connectivity index (χ0v) is 10.3. The molecule has 106 valence electrons. The molecule has 0 aromatic rings. The van der Waals surface area contributed by atoms with Crippen molar-refractivity contribution in [2.75, 3.05) is 33.7 Å². The Morgan fingerprint density at radius 3 is 2.17 bits per heavy atom. The Hall–Kier alpha value is -1.31. The first-order valence-corrected chi connectivity index (χ1v) is 5.33. The second-order valence-electron chi connectivity index (χ2n) is 4.11. The molecule has 0 aromatic carbocycles. The van der Waals surface area contributed by atoms with E-state index in [9.17, 15) is 22.8 Å². The van der Waals surface area contributed by atoms with Crippen LogP contribution < -0.4 is 0 Å². The molecule has 18 heavy (non-hydrogen) atoms. The summed E-state index contributed by atoms with van der Waals surface area (Å²) >= 11 is 0. The van der Waals surface area contributed by atoms with Crippen LogP contribution in [-0.2, 0) is 9.59 Å².